The molecule has 0 radical (unpaired) electrons. The van der Waals surface area contributed by atoms with Crippen molar-refractivity contribution in [1.29, 1.82) is 0 Å². The van der Waals surface area contributed by atoms with Gasteiger partial charge in [-0.05, 0) is 29.5 Å². The van der Waals surface area contributed by atoms with Gasteiger partial charge in [-0.3, -0.25) is 9.59 Å². The number of nitrogens with zero attached hydrogens (tertiary/aromatic N) is 2. The van der Waals surface area contributed by atoms with Gasteiger partial charge in [-0.15, -0.1) is 11.3 Å². The number of H-pyrrole nitrogens is 1. The lowest BCUT2D eigenvalue weighted by atomic mass is 9.97. The van der Waals surface area contributed by atoms with E-state index < -0.39 is 11.9 Å². The second kappa shape index (κ2) is 8.34. The van der Waals surface area contributed by atoms with Gasteiger partial charge < -0.3 is 5.11 Å². The van der Waals surface area contributed by atoms with Crippen LogP contribution in [0.2, 0.25) is 0 Å². The molecule has 0 saturated heterocycles. The van der Waals surface area contributed by atoms with Crippen LogP contribution in [0, 0.1) is 0 Å². The third-order valence-electron chi connectivity index (χ3n) is 4.70. The van der Waals surface area contributed by atoms with Crippen molar-refractivity contribution in [3.63, 3.8) is 0 Å². The van der Waals surface area contributed by atoms with Gasteiger partial charge in [0.25, 0.3) is 5.56 Å². The van der Waals surface area contributed by atoms with Gasteiger partial charge in [0.05, 0.1) is 26.3 Å². The van der Waals surface area contributed by atoms with E-state index in [-0.39, 0.29) is 12.0 Å². The van der Waals surface area contributed by atoms with Gasteiger partial charge in [-0.25, -0.2) is 10.1 Å². The van der Waals surface area contributed by atoms with E-state index in [0.29, 0.717) is 16.5 Å². The van der Waals surface area contributed by atoms with Crippen LogP contribution < -0.4 is 5.56 Å². The molecule has 4 aromatic rings. The predicted octanol–water partition coefficient (Wildman–Crippen LogP) is 4.20. The minimum absolute atomic E-state index is 0.219. The van der Waals surface area contributed by atoms with E-state index in [9.17, 15) is 14.7 Å². The van der Waals surface area contributed by atoms with Crippen molar-refractivity contribution < 1.29 is 9.90 Å². The molecule has 0 aliphatic carbocycles. The van der Waals surface area contributed by atoms with Gasteiger partial charge in [0.1, 0.15) is 5.92 Å². The molecule has 6 nitrogen and oxygen atoms in total. The van der Waals surface area contributed by atoms with Crippen LogP contribution in [0.4, 0.5) is 0 Å². The number of fused-ring (bicyclic) bond motifs is 2. The average Bonchev–Trinajstić information content (AvgIpc) is 3.13. The van der Waals surface area contributed by atoms with Gasteiger partial charge in [0.15, 0.2) is 0 Å². The van der Waals surface area contributed by atoms with Crippen LogP contribution in [0.5, 0.6) is 0 Å². The Kier molecular flexibility index (Phi) is 5.64. The molecule has 8 heteroatoms. The second-order valence-corrected chi connectivity index (χ2v) is 9.01. The Balaban J connectivity index is 1.70. The third kappa shape index (κ3) is 4.04. The molecular formula is C21H19N3O3S2. The smallest absolute Gasteiger partial charge is 0.313 e. The quantitative estimate of drug-likeness (QED) is 0.461. The average molecular weight is 426 g/mol. The Hall–Kier alpha value is -2.71. The molecule has 2 N–H and O–H groups in total. The summed E-state index contributed by atoms with van der Waals surface area (Å²) < 4.78 is 1.04. The number of aromatic nitrogens is 3. The number of benzene rings is 2. The summed E-state index contributed by atoms with van der Waals surface area (Å²) in [5, 5.41) is 18.1. The van der Waals surface area contributed by atoms with E-state index in [1.54, 1.807) is 24.3 Å². The molecule has 0 saturated carbocycles. The highest BCUT2D eigenvalue weighted by Gasteiger charge is 2.26. The Morgan fingerprint density at radius 1 is 1.24 bits per heavy atom. The number of hydrogen-bond acceptors (Lipinski definition) is 6. The lowest BCUT2D eigenvalue weighted by molar-refractivity contribution is -0.138. The number of aromatic amines is 1. The topological polar surface area (TPSA) is 95.9 Å². The minimum Gasteiger partial charge on any atom is -0.481 e. The first-order chi connectivity index (χ1) is 14.1. The van der Waals surface area contributed by atoms with Gasteiger partial charge in [0, 0.05) is 17.6 Å². The Bertz CT molecular complexity index is 1250. The number of carboxylic acids is 1. The lowest BCUT2D eigenvalue weighted by Crippen LogP contribution is -2.20. The molecule has 148 valence electrons. The molecule has 29 heavy (non-hydrogen) atoms. The normalized spacial score (nSPS) is 12.4. The van der Waals surface area contributed by atoms with Crippen molar-refractivity contribution in [3.8, 4) is 0 Å². The Morgan fingerprint density at radius 3 is 2.79 bits per heavy atom. The van der Waals surface area contributed by atoms with Crippen LogP contribution >= 0.6 is 23.1 Å². The third-order valence-corrected chi connectivity index (χ3v) is 6.71. The van der Waals surface area contributed by atoms with E-state index in [0.717, 1.165) is 26.7 Å². The molecule has 2 aromatic carbocycles. The van der Waals surface area contributed by atoms with Crippen LogP contribution in [0.3, 0.4) is 0 Å². The van der Waals surface area contributed by atoms with E-state index in [4.69, 9.17) is 0 Å². The summed E-state index contributed by atoms with van der Waals surface area (Å²) >= 11 is 3.35. The fourth-order valence-electron chi connectivity index (χ4n) is 3.29. The highest BCUT2D eigenvalue weighted by molar-refractivity contribution is 7.98. The zero-order valence-corrected chi connectivity index (χ0v) is 17.3. The fraction of sp³-hybridized carbons (Fsp3) is 0.238. The molecule has 2 heterocycles. The first-order valence-electron chi connectivity index (χ1n) is 9.23. The summed E-state index contributed by atoms with van der Waals surface area (Å²) in [6.45, 7) is 2.13. The van der Waals surface area contributed by atoms with Crippen LogP contribution in [0.25, 0.3) is 21.0 Å². The van der Waals surface area contributed by atoms with Crippen molar-refractivity contribution >= 4 is 50.1 Å². The summed E-state index contributed by atoms with van der Waals surface area (Å²) in [5.41, 5.74) is 2.13. The Labute approximate surface area is 175 Å². The largest absolute Gasteiger partial charge is 0.481 e. The number of thiazole rings is 1. The molecule has 0 aliphatic heterocycles. The highest BCUT2D eigenvalue weighted by atomic mass is 32.2. The number of hydrogen-bond donors (Lipinski definition) is 2. The maximum absolute atomic E-state index is 12.1. The monoisotopic (exact) mass is 425 g/mol. The Morgan fingerprint density at radius 2 is 2.03 bits per heavy atom. The minimum atomic E-state index is -0.992. The zero-order chi connectivity index (χ0) is 20.4. The van der Waals surface area contributed by atoms with E-state index >= 15 is 0 Å². The molecule has 0 amide bonds. The van der Waals surface area contributed by atoms with Crippen LogP contribution in [-0.2, 0) is 17.0 Å². The second-order valence-electron chi connectivity index (χ2n) is 6.63. The summed E-state index contributed by atoms with van der Waals surface area (Å²) in [7, 11) is 0. The van der Waals surface area contributed by atoms with Crippen LogP contribution in [-0.4, -0.2) is 32.0 Å². The van der Waals surface area contributed by atoms with Crippen molar-refractivity contribution in [2.45, 2.75) is 25.0 Å². The van der Waals surface area contributed by atoms with E-state index in [1.165, 1.54) is 16.9 Å². The van der Waals surface area contributed by atoms with Gasteiger partial charge in [-0.1, -0.05) is 31.2 Å². The number of carboxylic acid groups (broad SMARTS) is 1. The van der Waals surface area contributed by atoms with Gasteiger partial charge >= 0.3 is 5.97 Å². The molecule has 1 unspecified atom stereocenters. The zero-order valence-electron chi connectivity index (χ0n) is 15.7. The molecular weight excluding hydrogens is 406 g/mol. The standard InChI is InChI=1S/C21H19N3O3S2/c1-2-28-11-12-7-8-17-16(9-12)22-18(29-17)10-15(21(26)27)19-13-5-3-4-6-14(13)20(25)24-23-19/h3-9,15H,2,10-11H2,1H3,(H,24,25)(H,26,27). The van der Waals surface area contributed by atoms with E-state index in [1.807, 2.05) is 17.8 Å². The number of carbonyl (C=O) groups is 1. The van der Waals surface area contributed by atoms with Gasteiger partial charge in [-0.2, -0.15) is 16.9 Å². The van der Waals surface area contributed by atoms with Crippen molar-refractivity contribution in [3.05, 3.63) is 69.1 Å². The maximum Gasteiger partial charge on any atom is 0.313 e. The van der Waals surface area contributed by atoms with Crippen LogP contribution in [0.15, 0.2) is 47.3 Å². The highest BCUT2D eigenvalue weighted by Crippen LogP contribution is 2.30. The lowest BCUT2D eigenvalue weighted by Gasteiger charge is -2.12. The molecule has 2 aromatic heterocycles. The molecule has 4 rings (SSSR count). The molecule has 0 fully saturated rings. The fourth-order valence-corrected chi connectivity index (χ4v) is 4.91. The van der Waals surface area contributed by atoms with E-state index in [2.05, 4.69) is 34.2 Å². The number of thioether (sulfide) groups is 1. The summed E-state index contributed by atoms with van der Waals surface area (Å²) in [4.78, 5) is 28.8. The molecule has 0 bridgehead atoms. The van der Waals surface area contributed by atoms with Crippen molar-refractivity contribution in [2.75, 3.05) is 5.75 Å². The molecule has 0 aliphatic rings. The first-order valence-corrected chi connectivity index (χ1v) is 11.2. The SMILES string of the molecule is CCSCc1ccc2sc(CC(C(=O)O)c3n[nH]c(=O)c4ccccc34)nc2c1. The molecule has 1 atom stereocenters. The summed E-state index contributed by atoms with van der Waals surface area (Å²) in [5.74, 6) is 0.104. The summed E-state index contributed by atoms with van der Waals surface area (Å²) in [6, 6.07) is 13.1. The van der Waals surface area contributed by atoms with Gasteiger partial charge in [0.2, 0.25) is 0 Å². The first kappa shape index (κ1) is 19.6. The molecule has 0 spiro atoms. The summed E-state index contributed by atoms with van der Waals surface area (Å²) in [6.07, 6.45) is 0.219. The predicted molar refractivity (Wildman–Crippen MR) is 118 cm³/mol. The number of nitrogens with one attached hydrogen (secondary N) is 1. The number of aliphatic carboxylic acids is 1. The van der Waals surface area contributed by atoms with Crippen molar-refractivity contribution in [1.82, 2.24) is 15.2 Å². The van der Waals surface area contributed by atoms with Crippen LogP contribution in [0.1, 0.15) is 29.1 Å². The maximum atomic E-state index is 12.1. The van der Waals surface area contributed by atoms with Crippen molar-refractivity contribution in [2.24, 2.45) is 0 Å². The number of rotatable bonds is 7.